The van der Waals surface area contributed by atoms with Gasteiger partial charge in [-0.1, -0.05) is 117 Å². The van der Waals surface area contributed by atoms with Crippen LogP contribution in [0.1, 0.15) is 154 Å². The van der Waals surface area contributed by atoms with E-state index in [1.165, 1.54) is 0 Å². The number of carbonyl (C=O) groups is 6. The lowest BCUT2D eigenvalue weighted by Crippen LogP contribution is -2.59. The van der Waals surface area contributed by atoms with Crippen molar-refractivity contribution in [2.45, 2.75) is 187 Å². The molecular weight excluding hydrogens is 958 g/mol. The third-order valence-electron chi connectivity index (χ3n) is 15.0. The van der Waals surface area contributed by atoms with Gasteiger partial charge in [0.05, 0.1) is 30.3 Å². The highest BCUT2D eigenvalue weighted by Gasteiger charge is 2.46. The fourth-order valence-corrected chi connectivity index (χ4v) is 10.4. The molecule has 2 aliphatic heterocycles. The molecule has 10 atom stereocenters. The van der Waals surface area contributed by atoms with Crippen molar-refractivity contribution in [3.63, 3.8) is 0 Å². The summed E-state index contributed by atoms with van der Waals surface area (Å²) in [6.07, 6.45) is 7.58. The zero-order chi connectivity index (χ0) is 50.9. The Balaban J connectivity index is 0.00000562. The molecule has 2 saturated heterocycles. The van der Waals surface area contributed by atoms with Gasteiger partial charge in [0, 0.05) is 45.1 Å². The van der Waals surface area contributed by atoms with E-state index in [-0.39, 0.29) is 90.5 Å². The van der Waals surface area contributed by atoms with Crippen LogP contribution in [0.25, 0.3) is 0 Å². The van der Waals surface area contributed by atoms with Gasteiger partial charge in [-0.2, -0.15) is 0 Å². The molecule has 4 aliphatic rings. The third kappa shape index (κ3) is 14.7. The summed E-state index contributed by atoms with van der Waals surface area (Å²) in [6.45, 7) is 19.1. The minimum atomic E-state index is -0.790. The molecule has 2 aromatic rings. The van der Waals surface area contributed by atoms with Crippen molar-refractivity contribution in [1.82, 2.24) is 36.4 Å². The van der Waals surface area contributed by atoms with Crippen LogP contribution >= 0.6 is 24.8 Å². The lowest BCUT2D eigenvalue weighted by molar-refractivity contribution is -0.144. The summed E-state index contributed by atoms with van der Waals surface area (Å²) in [6, 6.07) is 12.2. The highest BCUT2D eigenvalue weighted by molar-refractivity contribution is 5.95. The normalized spacial score (nSPS) is 23.1. The van der Waals surface area contributed by atoms with Gasteiger partial charge in [0.2, 0.25) is 35.4 Å². The van der Waals surface area contributed by atoms with Gasteiger partial charge >= 0.3 is 0 Å². The van der Waals surface area contributed by atoms with E-state index in [1.54, 1.807) is 23.8 Å². The number of carbonyl (C=O) groups excluding carboxylic acids is 6. The average molecular weight is 1040 g/mol. The molecule has 402 valence electrons. The Kier molecular flexibility index (Phi) is 22.4. The second-order valence-electron chi connectivity index (χ2n) is 22.3. The molecule has 0 aromatic heterocycles. The lowest BCUT2D eigenvalue weighted by Gasteiger charge is -2.36. The van der Waals surface area contributed by atoms with Crippen LogP contribution in [0.5, 0.6) is 0 Å². The Bertz CT molecular complexity index is 2020. The predicted octanol–water partition coefficient (Wildman–Crippen LogP) is 6.69. The summed E-state index contributed by atoms with van der Waals surface area (Å²) in [4.78, 5) is 85.6. The standard InChI is InChI=1S/C55H83N7O8.2ClH/c1-11-34(2)48(63)59-46(54(4,5)6)52(67)61-28-20-26-40(61)50(65)57-44-38-24-16-14-22-36(38)32-42(44)69-30-18-12-13-19-31-70-43-33-37-23-15-17-25-39(37)45(43)58-51(66)41-27-21-29-62(41)53(68)47(55(7,8)9)60-49(64)35(3)56-10;;/h14-17,22-25,34-35,40-47,56H,11-13,18-21,26-33H2,1-10H3,(H,57,65)(H,58,66)(H,59,63)(H,60,64);2*1H/t34-,35+,40+,41+,42+,43+,44+,45+,46-,47-;;/m1../s1. The number of halogens is 2. The molecule has 2 aliphatic carbocycles. The first-order valence-corrected chi connectivity index (χ1v) is 26.1. The van der Waals surface area contributed by atoms with Gasteiger partial charge in [-0.3, -0.25) is 28.8 Å². The van der Waals surface area contributed by atoms with Crippen LogP contribution < -0.4 is 26.6 Å². The number of nitrogens with zero attached hydrogens (tertiary/aromatic N) is 2. The summed E-state index contributed by atoms with van der Waals surface area (Å²) < 4.78 is 13.1. The summed E-state index contributed by atoms with van der Waals surface area (Å²) in [5.41, 5.74) is 3.24. The fraction of sp³-hybridized carbons (Fsp3) is 0.673. The predicted molar refractivity (Wildman–Crippen MR) is 285 cm³/mol. The minimum Gasteiger partial charge on any atom is -0.375 e. The van der Waals surface area contributed by atoms with Gasteiger partial charge in [0.15, 0.2) is 0 Å². The highest BCUT2D eigenvalue weighted by atomic mass is 35.5. The molecule has 5 N–H and O–H groups in total. The highest BCUT2D eigenvalue weighted by Crippen LogP contribution is 2.37. The van der Waals surface area contributed by atoms with E-state index in [0.717, 1.165) is 47.9 Å². The molecule has 6 amide bonds. The molecule has 2 aromatic carbocycles. The molecular formula is C55H85Cl2N7O8. The Morgan fingerprint density at radius 2 is 1.03 bits per heavy atom. The van der Waals surface area contributed by atoms with Crippen molar-refractivity contribution < 1.29 is 38.2 Å². The zero-order valence-corrected chi connectivity index (χ0v) is 46.1. The van der Waals surface area contributed by atoms with Crippen LogP contribution in [0.4, 0.5) is 0 Å². The van der Waals surface area contributed by atoms with Gasteiger partial charge in [-0.15, -0.1) is 24.8 Å². The quantitative estimate of drug-likeness (QED) is 0.0850. The van der Waals surface area contributed by atoms with E-state index in [0.29, 0.717) is 71.2 Å². The number of amides is 6. The lowest BCUT2D eigenvalue weighted by atomic mass is 9.85. The van der Waals surface area contributed by atoms with E-state index < -0.39 is 41.0 Å². The van der Waals surface area contributed by atoms with Gasteiger partial charge in [-0.25, -0.2) is 0 Å². The number of hydrogen-bond donors (Lipinski definition) is 5. The molecule has 72 heavy (non-hydrogen) atoms. The first-order valence-electron chi connectivity index (χ1n) is 26.1. The number of likely N-dealkylation sites (N-methyl/N-ethyl adjacent to an activating group) is 1. The van der Waals surface area contributed by atoms with Crippen LogP contribution in [-0.2, 0) is 51.1 Å². The van der Waals surface area contributed by atoms with Gasteiger partial charge in [-0.05, 0) is 92.0 Å². The third-order valence-corrected chi connectivity index (χ3v) is 15.0. The SMILES string of the molecule is CC[C@@H](C)C(=O)N[C@H](C(=O)N1CCC[C@H]1C(=O)N[C@H]1c2ccccc2C[C@@H]1OCCCCCCO[C@H]1Cc2ccccc2[C@@H]1NC(=O)[C@@H]1CCCN1C(=O)[C@@H](NC(=O)[C@H](C)NC)C(C)(C)C)C(C)(C)C.Cl.Cl. The topological polar surface area (TPSA) is 188 Å². The van der Waals surface area contributed by atoms with E-state index in [9.17, 15) is 28.8 Å². The number of benzene rings is 2. The summed E-state index contributed by atoms with van der Waals surface area (Å²) in [5.74, 6) is -1.51. The second-order valence-corrected chi connectivity index (χ2v) is 22.3. The number of ether oxygens (including phenoxy) is 2. The molecule has 0 saturated carbocycles. The maximum absolute atomic E-state index is 14.1. The van der Waals surface area contributed by atoms with Crippen LogP contribution in [-0.4, -0.2) is 121 Å². The van der Waals surface area contributed by atoms with Crippen LogP contribution in [0.3, 0.4) is 0 Å². The number of hydrogen-bond acceptors (Lipinski definition) is 9. The Morgan fingerprint density at radius 3 is 1.42 bits per heavy atom. The van der Waals surface area contributed by atoms with Crippen LogP contribution in [0, 0.1) is 16.7 Å². The van der Waals surface area contributed by atoms with Crippen molar-refractivity contribution in [1.29, 1.82) is 0 Å². The molecule has 0 unspecified atom stereocenters. The number of fused-ring (bicyclic) bond motifs is 2. The maximum Gasteiger partial charge on any atom is 0.246 e. The van der Waals surface area contributed by atoms with Crippen molar-refractivity contribution in [3.05, 3.63) is 70.8 Å². The number of likely N-dealkylation sites (tertiary alicyclic amines) is 2. The van der Waals surface area contributed by atoms with Crippen molar-refractivity contribution in [2.75, 3.05) is 33.4 Å². The van der Waals surface area contributed by atoms with Crippen molar-refractivity contribution in [3.8, 4) is 0 Å². The zero-order valence-electron chi connectivity index (χ0n) is 44.5. The first kappa shape index (κ1) is 60.3. The van der Waals surface area contributed by atoms with Crippen LogP contribution in [0.2, 0.25) is 0 Å². The molecule has 2 heterocycles. The van der Waals surface area contributed by atoms with E-state index in [4.69, 9.17) is 9.47 Å². The minimum absolute atomic E-state index is 0. The van der Waals surface area contributed by atoms with Crippen molar-refractivity contribution in [2.24, 2.45) is 16.7 Å². The van der Waals surface area contributed by atoms with Crippen molar-refractivity contribution >= 4 is 60.3 Å². The first-order chi connectivity index (χ1) is 33.2. The summed E-state index contributed by atoms with van der Waals surface area (Å²) in [7, 11) is 1.70. The Labute approximate surface area is 441 Å². The molecule has 2 fully saturated rings. The number of unbranched alkanes of at least 4 members (excludes halogenated alkanes) is 3. The largest absolute Gasteiger partial charge is 0.375 e. The maximum atomic E-state index is 14.1. The van der Waals surface area contributed by atoms with Gasteiger partial charge in [0.1, 0.15) is 24.2 Å². The van der Waals surface area contributed by atoms with E-state index in [2.05, 4.69) is 38.7 Å². The molecule has 0 spiro atoms. The Hall–Kier alpha value is -4.28. The van der Waals surface area contributed by atoms with Gasteiger partial charge in [0.25, 0.3) is 0 Å². The molecule has 0 bridgehead atoms. The Morgan fingerprint density at radius 1 is 0.625 bits per heavy atom. The van der Waals surface area contributed by atoms with Gasteiger partial charge < -0.3 is 45.9 Å². The molecule has 0 radical (unpaired) electrons. The fourth-order valence-electron chi connectivity index (χ4n) is 10.4. The number of nitrogens with one attached hydrogen (secondary N) is 5. The monoisotopic (exact) mass is 1040 g/mol. The number of rotatable bonds is 21. The van der Waals surface area contributed by atoms with E-state index in [1.807, 2.05) is 91.8 Å². The molecule has 17 heteroatoms. The second kappa shape index (κ2) is 26.8. The van der Waals surface area contributed by atoms with Crippen LogP contribution in [0.15, 0.2) is 48.5 Å². The molecule has 15 nitrogen and oxygen atoms in total. The van der Waals surface area contributed by atoms with E-state index >= 15 is 0 Å². The molecule has 6 rings (SSSR count). The smallest absolute Gasteiger partial charge is 0.246 e. The summed E-state index contributed by atoms with van der Waals surface area (Å²) in [5, 5.41) is 15.5. The summed E-state index contributed by atoms with van der Waals surface area (Å²) >= 11 is 0. The average Bonchev–Trinajstić information content (AvgIpc) is 4.15.